The predicted octanol–water partition coefficient (Wildman–Crippen LogP) is 3.71. The van der Waals surface area contributed by atoms with Crippen molar-refractivity contribution in [3.63, 3.8) is 0 Å². The standard InChI is InChI=1S/C20H18FNO4/c1-3-15(23)17-18(14-9-4-5-10-16(14)26-2)22(20(25)19(17)24)13-8-6-7-12(21)11-13/h4-11,18,24H,3H2,1-2H3. The molecule has 1 atom stereocenters. The van der Waals surface area contributed by atoms with Gasteiger partial charge in [-0.25, -0.2) is 4.39 Å². The van der Waals surface area contributed by atoms with Gasteiger partial charge in [0.1, 0.15) is 11.6 Å². The van der Waals surface area contributed by atoms with Crippen molar-refractivity contribution >= 4 is 17.4 Å². The van der Waals surface area contributed by atoms with Gasteiger partial charge in [0.2, 0.25) is 0 Å². The zero-order chi connectivity index (χ0) is 18.8. The molecular formula is C20H18FNO4. The molecule has 0 aliphatic carbocycles. The summed E-state index contributed by atoms with van der Waals surface area (Å²) in [4.78, 5) is 26.4. The number of para-hydroxylation sites is 1. The maximum absolute atomic E-state index is 13.7. The van der Waals surface area contributed by atoms with Crippen LogP contribution in [0.1, 0.15) is 24.9 Å². The van der Waals surface area contributed by atoms with Gasteiger partial charge >= 0.3 is 0 Å². The van der Waals surface area contributed by atoms with Crippen LogP contribution in [0.5, 0.6) is 5.75 Å². The van der Waals surface area contributed by atoms with E-state index in [2.05, 4.69) is 0 Å². The number of hydrogen-bond donors (Lipinski definition) is 1. The lowest BCUT2D eigenvalue weighted by molar-refractivity contribution is -0.118. The van der Waals surface area contributed by atoms with E-state index in [0.29, 0.717) is 11.3 Å². The van der Waals surface area contributed by atoms with Crippen molar-refractivity contribution in [1.82, 2.24) is 0 Å². The third kappa shape index (κ3) is 2.83. The summed E-state index contributed by atoms with van der Waals surface area (Å²) in [6.07, 6.45) is 0.120. The summed E-state index contributed by atoms with van der Waals surface area (Å²) < 4.78 is 19.1. The Balaban J connectivity index is 2.24. The second-order valence-corrected chi connectivity index (χ2v) is 5.84. The number of amides is 1. The molecule has 0 bridgehead atoms. The summed E-state index contributed by atoms with van der Waals surface area (Å²) in [5, 5.41) is 10.4. The summed E-state index contributed by atoms with van der Waals surface area (Å²) in [5.41, 5.74) is 0.774. The van der Waals surface area contributed by atoms with Gasteiger partial charge in [-0.15, -0.1) is 0 Å². The molecule has 1 heterocycles. The van der Waals surface area contributed by atoms with Gasteiger partial charge in [0.15, 0.2) is 11.5 Å². The van der Waals surface area contributed by atoms with E-state index in [1.165, 1.54) is 30.2 Å². The molecule has 0 spiro atoms. The van der Waals surface area contributed by atoms with Gasteiger partial charge in [0.05, 0.1) is 18.7 Å². The first-order valence-corrected chi connectivity index (χ1v) is 8.18. The summed E-state index contributed by atoms with van der Waals surface area (Å²) in [7, 11) is 1.48. The minimum Gasteiger partial charge on any atom is -0.503 e. The smallest absolute Gasteiger partial charge is 0.294 e. The fourth-order valence-electron chi connectivity index (χ4n) is 3.16. The molecule has 2 aromatic rings. The number of aliphatic hydroxyl groups excluding tert-OH is 1. The molecule has 0 saturated heterocycles. The molecule has 3 rings (SSSR count). The quantitative estimate of drug-likeness (QED) is 0.888. The van der Waals surface area contributed by atoms with Crippen LogP contribution in [0.3, 0.4) is 0 Å². The lowest BCUT2D eigenvalue weighted by Crippen LogP contribution is -2.31. The Morgan fingerprint density at radius 2 is 1.96 bits per heavy atom. The van der Waals surface area contributed by atoms with Gasteiger partial charge in [0, 0.05) is 17.7 Å². The molecule has 0 aromatic heterocycles. The summed E-state index contributed by atoms with van der Waals surface area (Å²) in [6.45, 7) is 1.65. The Kier molecular flexibility index (Phi) is 4.75. The number of methoxy groups -OCH3 is 1. The number of anilines is 1. The summed E-state index contributed by atoms with van der Waals surface area (Å²) in [6, 6.07) is 11.5. The van der Waals surface area contributed by atoms with Crippen LogP contribution < -0.4 is 9.64 Å². The van der Waals surface area contributed by atoms with E-state index in [0.717, 1.165) is 0 Å². The maximum atomic E-state index is 13.7. The number of rotatable bonds is 5. The van der Waals surface area contributed by atoms with E-state index < -0.39 is 23.5 Å². The molecule has 0 saturated carbocycles. The molecule has 5 nitrogen and oxygen atoms in total. The van der Waals surface area contributed by atoms with Crippen LogP contribution in [0.25, 0.3) is 0 Å². The van der Waals surface area contributed by atoms with Crippen molar-refractivity contribution in [3.8, 4) is 5.75 Å². The minimum absolute atomic E-state index is 0.00809. The zero-order valence-corrected chi connectivity index (χ0v) is 14.4. The summed E-state index contributed by atoms with van der Waals surface area (Å²) >= 11 is 0. The normalized spacial score (nSPS) is 17.0. The number of Topliss-reactive ketones (excluding diaryl/α,β-unsaturated/α-hetero) is 1. The van der Waals surface area contributed by atoms with Crippen LogP contribution in [0.4, 0.5) is 10.1 Å². The van der Waals surface area contributed by atoms with Crippen LogP contribution in [-0.4, -0.2) is 23.9 Å². The number of ketones is 1. The molecule has 0 fully saturated rings. The Bertz CT molecular complexity index is 906. The predicted molar refractivity (Wildman–Crippen MR) is 94.6 cm³/mol. The van der Waals surface area contributed by atoms with Gasteiger partial charge in [0.25, 0.3) is 5.91 Å². The SMILES string of the molecule is CCC(=O)C1=C(O)C(=O)N(c2cccc(F)c2)C1c1ccccc1OC. The van der Waals surface area contributed by atoms with Crippen molar-refractivity contribution in [2.24, 2.45) is 0 Å². The monoisotopic (exact) mass is 355 g/mol. The Hall–Kier alpha value is -3.15. The van der Waals surface area contributed by atoms with Gasteiger partial charge in [-0.3, -0.25) is 14.5 Å². The number of halogens is 1. The van der Waals surface area contributed by atoms with Crippen molar-refractivity contribution in [1.29, 1.82) is 0 Å². The van der Waals surface area contributed by atoms with E-state index in [4.69, 9.17) is 4.74 Å². The molecule has 0 radical (unpaired) electrons. The molecule has 26 heavy (non-hydrogen) atoms. The molecule has 1 aliphatic rings. The Morgan fingerprint density at radius 1 is 1.23 bits per heavy atom. The second kappa shape index (κ2) is 7.00. The highest BCUT2D eigenvalue weighted by Crippen LogP contribution is 2.44. The van der Waals surface area contributed by atoms with Crippen LogP contribution in [0, 0.1) is 5.82 Å². The number of aliphatic hydroxyl groups is 1. The van der Waals surface area contributed by atoms with Crippen molar-refractivity contribution in [2.75, 3.05) is 12.0 Å². The van der Waals surface area contributed by atoms with E-state index in [1.54, 1.807) is 37.3 Å². The zero-order valence-electron chi connectivity index (χ0n) is 14.4. The molecule has 6 heteroatoms. The van der Waals surface area contributed by atoms with Crippen LogP contribution >= 0.6 is 0 Å². The first kappa shape index (κ1) is 17.7. The molecule has 1 amide bonds. The Morgan fingerprint density at radius 3 is 2.62 bits per heavy atom. The number of carbonyl (C=O) groups excluding carboxylic acids is 2. The van der Waals surface area contributed by atoms with Gasteiger partial charge in [-0.2, -0.15) is 0 Å². The highest BCUT2D eigenvalue weighted by atomic mass is 19.1. The number of ether oxygens (including phenoxy) is 1. The van der Waals surface area contributed by atoms with Crippen LogP contribution in [0.2, 0.25) is 0 Å². The fraction of sp³-hybridized carbons (Fsp3) is 0.200. The second-order valence-electron chi connectivity index (χ2n) is 5.84. The van der Waals surface area contributed by atoms with Crippen molar-refractivity contribution in [3.05, 3.63) is 71.2 Å². The number of benzene rings is 2. The highest BCUT2D eigenvalue weighted by molar-refractivity contribution is 6.16. The third-order valence-electron chi connectivity index (χ3n) is 4.35. The Labute approximate surface area is 150 Å². The number of carbonyl (C=O) groups is 2. The van der Waals surface area contributed by atoms with E-state index in [-0.39, 0.29) is 23.5 Å². The minimum atomic E-state index is -0.895. The summed E-state index contributed by atoms with van der Waals surface area (Å²) in [5.74, 6) is -1.78. The van der Waals surface area contributed by atoms with E-state index in [1.807, 2.05) is 0 Å². The average molecular weight is 355 g/mol. The van der Waals surface area contributed by atoms with Gasteiger partial charge in [-0.05, 0) is 24.3 Å². The topological polar surface area (TPSA) is 66.8 Å². The molecule has 2 aromatic carbocycles. The number of hydrogen-bond acceptors (Lipinski definition) is 4. The lowest BCUT2D eigenvalue weighted by atomic mass is 9.94. The van der Waals surface area contributed by atoms with Crippen molar-refractivity contribution < 1.29 is 23.8 Å². The van der Waals surface area contributed by atoms with Crippen molar-refractivity contribution in [2.45, 2.75) is 19.4 Å². The lowest BCUT2D eigenvalue weighted by Gasteiger charge is -2.28. The van der Waals surface area contributed by atoms with Crippen LogP contribution in [0.15, 0.2) is 59.9 Å². The molecule has 1 N–H and O–H groups in total. The molecule has 134 valence electrons. The van der Waals surface area contributed by atoms with Gasteiger partial charge < -0.3 is 9.84 Å². The maximum Gasteiger partial charge on any atom is 0.294 e. The average Bonchev–Trinajstić information content (AvgIpc) is 2.92. The number of nitrogens with zero attached hydrogens (tertiary/aromatic N) is 1. The third-order valence-corrected chi connectivity index (χ3v) is 4.35. The van der Waals surface area contributed by atoms with Gasteiger partial charge in [-0.1, -0.05) is 31.2 Å². The fourth-order valence-corrected chi connectivity index (χ4v) is 3.16. The molecular weight excluding hydrogens is 337 g/mol. The molecule has 1 aliphatic heterocycles. The first-order chi connectivity index (χ1) is 12.5. The highest BCUT2D eigenvalue weighted by Gasteiger charge is 2.44. The first-order valence-electron chi connectivity index (χ1n) is 8.18. The van der Waals surface area contributed by atoms with E-state index in [9.17, 15) is 19.1 Å². The van der Waals surface area contributed by atoms with Crippen LogP contribution in [-0.2, 0) is 9.59 Å². The molecule has 1 unspecified atom stereocenters. The largest absolute Gasteiger partial charge is 0.503 e. The van der Waals surface area contributed by atoms with E-state index >= 15 is 0 Å².